The highest BCUT2D eigenvalue weighted by molar-refractivity contribution is 6.34. The van der Waals surface area contributed by atoms with Crippen molar-refractivity contribution in [2.24, 2.45) is 0 Å². The van der Waals surface area contributed by atoms with Crippen molar-refractivity contribution >= 4 is 29.3 Å². The first-order valence-corrected chi connectivity index (χ1v) is 7.73. The summed E-state index contributed by atoms with van der Waals surface area (Å²) in [6.07, 6.45) is 4.02. The predicted octanol–water partition coefficient (Wildman–Crippen LogP) is 4.15. The van der Waals surface area contributed by atoms with Crippen molar-refractivity contribution in [2.45, 2.75) is 6.42 Å². The maximum absolute atomic E-state index is 12.0. The minimum absolute atomic E-state index is 0.259. The summed E-state index contributed by atoms with van der Waals surface area (Å²) in [7, 11) is 0. The Morgan fingerprint density at radius 3 is 2.52 bits per heavy atom. The van der Waals surface area contributed by atoms with Crippen molar-refractivity contribution in [3.63, 3.8) is 0 Å². The van der Waals surface area contributed by atoms with Crippen LogP contribution in [0.3, 0.4) is 0 Å². The van der Waals surface area contributed by atoms with Gasteiger partial charge in [0.1, 0.15) is 0 Å². The fraction of sp³-hybridized carbons (Fsp3) is 0.167. The lowest BCUT2D eigenvalue weighted by atomic mass is 10.2. The first kappa shape index (κ1) is 15.4. The van der Waals surface area contributed by atoms with Gasteiger partial charge < -0.3 is 14.8 Å². The molecule has 2 aromatic rings. The van der Waals surface area contributed by atoms with Crippen molar-refractivity contribution in [2.75, 3.05) is 18.5 Å². The van der Waals surface area contributed by atoms with Crippen LogP contribution in [0.5, 0.6) is 11.5 Å². The average Bonchev–Trinajstić information content (AvgIpc) is 2.79. The molecule has 0 saturated heterocycles. The zero-order valence-corrected chi connectivity index (χ0v) is 13.2. The Hall–Kier alpha value is -2.46. The molecule has 1 amide bonds. The summed E-state index contributed by atoms with van der Waals surface area (Å²) in [5.74, 6) is 0.935. The number of carbonyl (C=O) groups excluding carboxylic acids is 1. The molecule has 0 aliphatic carbocycles. The number of fused-ring (bicyclic) bond motifs is 1. The molecule has 0 radical (unpaired) electrons. The van der Waals surface area contributed by atoms with Crippen molar-refractivity contribution in [1.29, 1.82) is 0 Å². The Morgan fingerprint density at radius 1 is 1.09 bits per heavy atom. The Labute approximate surface area is 139 Å². The van der Waals surface area contributed by atoms with E-state index in [1.165, 1.54) is 6.08 Å². The molecule has 0 spiro atoms. The minimum atomic E-state index is -0.259. The fourth-order valence-corrected chi connectivity index (χ4v) is 2.39. The van der Waals surface area contributed by atoms with E-state index in [-0.39, 0.29) is 5.91 Å². The third kappa shape index (κ3) is 4.05. The summed E-state index contributed by atoms with van der Waals surface area (Å²) in [6.45, 7) is 1.17. The SMILES string of the molecule is O=C(/C=C/c1ccccc1)Nc1cc2c(cc1Cl)OCCCO2. The number of anilines is 1. The molecule has 0 unspecified atom stereocenters. The standard InChI is InChI=1S/C18H16ClNO3/c19-14-11-16-17(23-10-4-9-22-16)12-15(14)20-18(21)8-7-13-5-2-1-3-6-13/h1-3,5-8,11-12H,4,9-10H2,(H,20,21)/b8-7+. The van der Waals surface area contributed by atoms with Gasteiger partial charge in [-0.15, -0.1) is 0 Å². The lowest BCUT2D eigenvalue weighted by Gasteiger charge is -2.11. The molecular weight excluding hydrogens is 314 g/mol. The van der Waals surface area contributed by atoms with Crippen molar-refractivity contribution < 1.29 is 14.3 Å². The second kappa shape index (κ2) is 7.20. The first-order valence-electron chi connectivity index (χ1n) is 7.35. The molecule has 118 valence electrons. The fourth-order valence-electron chi connectivity index (χ4n) is 2.19. The normalized spacial score (nSPS) is 13.6. The molecule has 0 atom stereocenters. The quantitative estimate of drug-likeness (QED) is 0.860. The van der Waals surface area contributed by atoms with Gasteiger partial charge in [-0.25, -0.2) is 0 Å². The molecule has 23 heavy (non-hydrogen) atoms. The molecule has 0 bridgehead atoms. The van der Waals surface area contributed by atoms with E-state index in [1.54, 1.807) is 18.2 Å². The van der Waals surface area contributed by atoms with Gasteiger partial charge in [0.2, 0.25) is 5.91 Å². The zero-order chi connectivity index (χ0) is 16.1. The van der Waals surface area contributed by atoms with Crippen LogP contribution in [-0.2, 0) is 4.79 Å². The van der Waals surface area contributed by atoms with Crippen LogP contribution in [0.1, 0.15) is 12.0 Å². The second-order valence-corrected chi connectivity index (χ2v) is 5.47. The molecule has 4 nitrogen and oxygen atoms in total. The molecule has 1 aliphatic rings. The highest BCUT2D eigenvalue weighted by Gasteiger charge is 2.14. The maximum atomic E-state index is 12.0. The number of amides is 1. The van der Waals surface area contributed by atoms with Gasteiger partial charge in [-0.1, -0.05) is 41.9 Å². The number of carbonyl (C=O) groups is 1. The number of nitrogens with one attached hydrogen (secondary N) is 1. The zero-order valence-electron chi connectivity index (χ0n) is 12.4. The van der Waals surface area contributed by atoms with E-state index in [9.17, 15) is 4.79 Å². The van der Waals surface area contributed by atoms with Crippen LogP contribution in [0.2, 0.25) is 5.02 Å². The molecule has 2 aromatic carbocycles. The number of ether oxygens (including phenoxy) is 2. The highest BCUT2D eigenvalue weighted by Crippen LogP contribution is 2.37. The molecular formula is C18H16ClNO3. The number of hydrogen-bond acceptors (Lipinski definition) is 3. The Bertz CT molecular complexity index is 729. The summed E-state index contributed by atoms with van der Waals surface area (Å²) in [6, 6.07) is 13.0. The molecule has 0 aromatic heterocycles. The smallest absolute Gasteiger partial charge is 0.248 e. The van der Waals surface area contributed by atoms with Gasteiger partial charge in [0.25, 0.3) is 0 Å². The van der Waals surface area contributed by atoms with E-state index >= 15 is 0 Å². The summed E-state index contributed by atoms with van der Waals surface area (Å²) < 4.78 is 11.2. The molecule has 5 heteroatoms. The predicted molar refractivity (Wildman–Crippen MR) is 91.2 cm³/mol. The van der Waals surface area contributed by atoms with Gasteiger partial charge >= 0.3 is 0 Å². The third-order valence-electron chi connectivity index (χ3n) is 3.32. The monoisotopic (exact) mass is 329 g/mol. The van der Waals surface area contributed by atoms with E-state index in [0.29, 0.717) is 35.4 Å². The third-order valence-corrected chi connectivity index (χ3v) is 3.63. The Kier molecular flexibility index (Phi) is 4.83. The number of hydrogen-bond donors (Lipinski definition) is 1. The van der Waals surface area contributed by atoms with Gasteiger partial charge in [0, 0.05) is 24.6 Å². The topological polar surface area (TPSA) is 47.6 Å². The van der Waals surface area contributed by atoms with Gasteiger partial charge in [0.15, 0.2) is 11.5 Å². The number of halogens is 1. The van der Waals surface area contributed by atoms with Gasteiger partial charge in [0.05, 0.1) is 23.9 Å². The lowest BCUT2D eigenvalue weighted by molar-refractivity contribution is -0.111. The summed E-state index contributed by atoms with van der Waals surface area (Å²) in [5, 5.41) is 3.17. The maximum Gasteiger partial charge on any atom is 0.248 e. The van der Waals surface area contributed by atoms with Crippen LogP contribution in [0.4, 0.5) is 5.69 Å². The Balaban J connectivity index is 1.73. The largest absolute Gasteiger partial charge is 0.490 e. The van der Waals surface area contributed by atoms with Crippen LogP contribution in [0.15, 0.2) is 48.5 Å². The molecule has 0 fully saturated rings. The highest BCUT2D eigenvalue weighted by atomic mass is 35.5. The molecule has 0 saturated carbocycles. The van der Waals surface area contributed by atoms with Crippen LogP contribution in [0, 0.1) is 0 Å². The van der Waals surface area contributed by atoms with Crippen LogP contribution in [-0.4, -0.2) is 19.1 Å². The first-order chi connectivity index (χ1) is 11.2. The number of benzene rings is 2. The van der Waals surface area contributed by atoms with Crippen molar-refractivity contribution in [3.8, 4) is 11.5 Å². The summed E-state index contributed by atoms with van der Waals surface area (Å²) >= 11 is 6.20. The van der Waals surface area contributed by atoms with Gasteiger partial charge in [-0.3, -0.25) is 4.79 Å². The summed E-state index contributed by atoms with van der Waals surface area (Å²) in [5.41, 5.74) is 1.45. The number of rotatable bonds is 3. The van der Waals surface area contributed by atoms with Crippen LogP contribution >= 0.6 is 11.6 Å². The summed E-state index contributed by atoms with van der Waals surface area (Å²) in [4.78, 5) is 12.0. The van der Waals surface area contributed by atoms with Crippen molar-refractivity contribution in [3.05, 3.63) is 59.1 Å². The molecule has 1 aliphatic heterocycles. The Morgan fingerprint density at radius 2 is 1.78 bits per heavy atom. The van der Waals surface area contributed by atoms with E-state index in [1.807, 2.05) is 30.3 Å². The van der Waals surface area contributed by atoms with Gasteiger partial charge in [-0.2, -0.15) is 0 Å². The molecule has 3 rings (SSSR count). The van der Waals surface area contributed by atoms with Crippen LogP contribution < -0.4 is 14.8 Å². The van der Waals surface area contributed by atoms with Crippen LogP contribution in [0.25, 0.3) is 6.08 Å². The molecule has 1 heterocycles. The average molecular weight is 330 g/mol. The minimum Gasteiger partial charge on any atom is -0.490 e. The van der Waals surface area contributed by atoms with E-state index in [2.05, 4.69) is 5.32 Å². The lowest BCUT2D eigenvalue weighted by Crippen LogP contribution is -2.08. The second-order valence-electron chi connectivity index (χ2n) is 5.06. The van der Waals surface area contributed by atoms with E-state index < -0.39 is 0 Å². The van der Waals surface area contributed by atoms with Gasteiger partial charge in [-0.05, 0) is 11.6 Å². The van der Waals surface area contributed by atoms with E-state index in [4.69, 9.17) is 21.1 Å². The van der Waals surface area contributed by atoms with E-state index in [0.717, 1.165) is 12.0 Å². The molecule has 1 N–H and O–H groups in total. The van der Waals surface area contributed by atoms with Crippen molar-refractivity contribution in [1.82, 2.24) is 0 Å².